The fourth-order valence-electron chi connectivity index (χ4n) is 1.24. The van der Waals surface area contributed by atoms with E-state index in [9.17, 15) is 9.59 Å². The summed E-state index contributed by atoms with van der Waals surface area (Å²) in [6, 6.07) is 0. The zero-order valence-corrected chi connectivity index (χ0v) is 10.2. The smallest absolute Gasteiger partial charge is 0.313 e. The van der Waals surface area contributed by atoms with Gasteiger partial charge in [0.2, 0.25) is 5.54 Å². The van der Waals surface area contributed by atoms with Gasteiger partial charge in [-0.05, 0) is 13.3 Å². The molecule has 0 saturated carbocycles. The molecule has 0 N–H and O–H groups in total. The second-order valence-electron chi connectivity index (χ2n) is 4.30. The molecule has 0 aliphatic rings. The SMILES string of the molecule is [C-]#[N+]C(C)(C)CCCC(=O)CC(=O)OCC. The minimum Gasteiger partial charge on any atom is -0.466 e. The highest BCUT2D eigenvalue weighted by Crippen LogP contribution is 2.17. The van der Waals surface area contributed by atoms with E-state index in [1.165, 1.54) is 0 Å². The molecule has 0 aromatic carbocycles. The average molecular weight is 225 g/mol. The molecule has 0 aliphatic carbocycles. The van der Waals surface area contributed by atoms with Crippen LogP contribution < -0.4 is 0 Å². The number of carbonyl (C=O) groups excluding carboxylic acids is 2. The summed E-state index contributed by atoms with van der Waals surface area (Å²) in [5.74, 6) is -0.573. The summed E-state index contributed by atoms with van der Waals surface area (Å²) < 4.78 is 4.67. The second-order valence-corrected chi connectivity index (χ2v) is 4.30. The lowest BCUT2D eigenvalue weighted by atomic mass is 9.97. The van der Waals surface area contributed by atoms with Crippen LogP contribution in [0.3, 0.4) is 0 Å². The fourth-order valence-corrected chi connectivity index (χ4v) is 1.24. The van der Waals surface area contributed by atoms with Crippen molar-refractivity contribution in [2.24, 2.45) is 0 Å². The van der Waals surface area contributed by atoms with Crippen LogP contribution in [0, 0.1) is 6.57 Å². The Bertz CT molecular complexity index is 289. The van der Waals surface area contributed by atoms with Gasteiger partial charge in [-0.25, -0.2) is 6.57 Å². The molecule has 0 aliphatic heterocycles. The summed E-state index contributed by atoms with van der Waals surface area (Å²) in [6.45, 7) is 12.6. The van der Waals surface area contributed by atoms with E-state index >= 15 is 0 Å². The molecule has 4 heteroatoms. The summed E-state index contributed by atoms with van der Waals surface area (Å²) in [7, 11) is 0. The van der Waals surface area contributed by atoms with Gasteiger partial charge in [0.15, 0.2) is 0 Å². The van der Waals surface area contributed by atoms with Crippen LogP contribution in [0.1, 0.15) is 46.5 Å². The van der Waals surface area contributed by atoms with Crippen molar-refractivity contribution in [1.29, 1.82) is 0 Å². The first-order valence-corrected chi connectivity index (χ1v) is 5.47. The molecule has 4 nitrogen and oxygen atoms in total. The highest BCUT2D eigenvalue weighted by Gasteiger charge is 2.22. The van der Waals surface area contributed by atoms with Crippen LogP contribution in [-0.2, 0) is 14.3 Å². The van der Waals surface area contributed by atoms with Crippen LogP contribution >= 0.6 is 0 Å². The molecular weight excluding hydrogens is 206 g/mol. The largest absolute Gasteiger partial charge is 0.466 e. The number of ketones is 1. The number of carbonyl (C=O) groups is 2. The van der Waals surface area contributed by atoms with Crippen LogP contribution in [0.15, 0.2) is 0 Å². The normalized spacial score (nSPS) is 10.6. The van der Waals surface area contributed by atoms with Crippen molar-refractivity contribution in [3.8, 4) is 0 Å². The number of esters is 1. The van der Waals surface area contributed by atoms with Crippen LogP contribution in [0.2, 0.25) is 0 Å². The van der Waals surface area contributed by atoms with Gasteiger partial charge in [0, 0.05) is 26.7 Å². The number of nitrogens with zero attached hydrogens (tertiary/aromatic N) is 1. The van der Waals surface area contributed by atoms with Crippen LogP contribution in [0.5, 0.6) is 0 Å². The Balaban J connectivity index is 3.75. The molecule has 0 rings (SSSR count). The maximum Gasteiger partial charge on any atom is 0.313 e. The first-order chi connectivity index (χ1) is 7.41. The lowest BCUT2D eigenvalue weighted by Gasteiger charge is -2.09. The van der Waals surface area contributed by atoms with Gasteiger partial charge in [-0.15, -0.1) is 0 Å². The first-order valence-electron chi connectivity index (χ1n) is 5.47. The van der Waals surface area contributed by atoms with E-state index in [4.69, 9.17) is 6.57 Å². The molecule has 90 valence electrons. The molecule has 0 aromatic heterocycles. The van der Waals surface area contributed by atoms with Gasteiger partial charge < -0.3 is 9.58 Å². The third kappa shape index (κ3) is 6.99. The third-order valence-corrected chi connectivity index (χ3v) is 2.19. The molecular formula is C12H19NO3. The number of Topliss-reactive ketones (excluding diaryl/α,β-unsaturated/α-hetero) is 1. The van der Waals surface area contributed by atoms with E-state index in [-0.39, 0.29) is 12.2 Å². The van der Waals surface area contributed by atoms with Crippen LogP contribution in [0.4, 0.5) is 0 Å². The van der Waals surface area contributed by atoms with Crippen molar-refractivity contribution >= 4 is 11.8 Å². The molecule has 0 amide bonds. The first kappa shape index (κ1) is 14.6. The quantitative estimate of drug-likeness (QED) is 0.379. The molecule has 0 spiro atoms. The van der Waals surface area contributed by atoms with Gasteiger partial charge >= 0.3 is 5.97 Å². The number of rotatable bonds is 7. The van der Waals surface area contributed by atoms with Gasteiger partial charge in [0.25, 0.3) is 0 Å². The van der Waals surface area contributed by atoms with E-state index in [0.29, 0.717) is 25.9 Å². The molecule has 0 saturated heterocycles. The Morgan fingerprint density at radius 3 is 2.50 bits per heavy atom. The highest BCUT2D eigenvalue weighted by atomic mass is 16.5. The highest BCUT2D eigenvalue weighted by molar-refractivity contribution is 5.95. The summed E-state index contributed by atoms with van der Waals surface area (Å²) in [5, 5.41) is 0. The van der Waals surface area contributed by atoms with Gasteiger partial charge in [-0.3, -0.25) is 9.59 Å². The summed E-state index contributed by atoms with van der Waals surface area (Å²) in [4.78, 5) is 25.8. The van der Waals surface area contributed by atoms with Crippen molar-refractivity contribution in [2.75, 3.05) is 6.61 Å². The number of hydrogen-bond acceptors (Lipinski definition) is 3. The predicted octanol–water partition coefficient (Wildman–Crippen LogP) is 2.38. The number of hydrogen-bond donors (Lipinski definition) is 0. The molecule has 0 radical (unpaired) electrons. The molecule has 16 heavy (non-hydrogen) atoms. The Kier molecular flexibility index (Phi) is 6.40. The van der Waals surface area contributed by atoms with Crippen molar-refractivity contribution < 1.29 is 14.3 Å². The van der Waals surface area contributed by atoms with E-state index in [1.54, 1.807) is 6.92 Å². The fraction of sp³-hybridized carbons (Fsp3) is 0.750. The molecule has 0 aromatic rings. The van der Waals surface area contributed by atoms with E-state index in [1.807, 2.05) is 13.8 Å². The summed E-state index contributed by atoms with van der Waals surface area (Å²) in [5.41, 5.74) is -0.412. The Hall–Kier alpha value is -1.37. The molecule has 0 unspecified atom stereocenters. The molecule has 0 atom stereocenters. The van der Waals surface area contributed by atoms with Gasteiger partial charge in [-0.1, -0.05) is 0 Å². The van der Waals surface area contributed by atoms with Gasteiger partial charge in [0.1, 0.15) is 12.2 Å². The third-order valence-electron chi connectivity index (χ3n) is 2.19. The zero-order chi connectivity index (χ0) is 12.6. The van der Waals surface area contributed by atoms with Gasteiger partial charge in [0.05, 0.1) is 6.61 Å². The minimum atomic E-state index is -0.461. The zero-order valence-electron chi connectivity index (χ0n) is 10.2. The average Bonchev–Trinajstić information content (AvgIpc) is 2.17. The van der Waals surface area contributed by atoms with E-state index < -0.39 is 11.5 Å². The standard InChI is InChI=1S/C12H19NO3/c1-5-16-11(15)9-10(14)7-6-8-12(2,3)13-4/h5-9H2,1-3H3. The lowest BCUT2D eigenvalue weighted by molar-refractivity contribution is -0.145. The maximum atomic E-state index is 11.3. The van der Waals surface area contributed by atoms with E-state index in [0.717, 1.165) is 0 Å². The van der Waals surface area contributed by atoms with Crippen LogP contribution in [-0.4, -0.2) is 23.9 Å². The minimum absolute atomic E-state index is 0.112. The van der Waals surface area contributed by atoms with Gasteiger partial charge in [-0.2, -0.15) is 0 Å². The van der Waals surface area contributed by atoms with Crippen molar-refractivity contribution in [3.63, 3.8) is 0 Å². The van der Waals surface area contributed by atoms with Crippen LogP contribution in [0.25, 0.3) is 4.85 Å². The topological polar surface area (TPSA) is 47.7 Å². The Morgan fingerprint density at radius 2 is 2.00 bits per heavy atom. The molecule has 0 bridgehead atoms. The van der Waals surface area contributed by atoms with Crippen molar-refractivity contribution in [3.05, 3.63) is 11.4 Å². The predicted molar refractivity (Wildman–Crippen MR) is 60.8 cm³/mol. The second kappa shape index (κ2) is 7.00. The molecule has 0 fully saturated rings. The number of ether oxygens (including phenoxy) is 1. The maximum absolute atomic E-state index is 11.3. The molecule has 0 heterocycles. The van der Waals surface area contributed by atoms with Crippen molar-refractivity contribution in [2.45, 2.75) is 52.0 Å². The van der Waals surface area contributed by atoms with E-state index in [2.05, 4.69) is 9.58 Å². The Labute approximate surface area is 96.8 Å². The Morgan fingerprint density at radius 1 is 1.38 bits per heavy atom. The lowest BCUT2D eigenvalue weighted by Crippen LogP contribution is -2.15. The summed E-state index contributed by atoms with van der Waals surface area (Å²) in [6.07, 6.45) is 1.52. The monoisotopic (exact) mass is 225 g/mol. The van der Waals surface area contributed by atoms with Crippen molar-refractivity contribution in [1.82, 2.24) is 0 Å². The summed E-state index contributed by atoms with van der Waals surface area (Å²) >= 11 is 0.